The van der Waals surface area contributed by atoms with Gasteiger partial charge in [-0.1, -0.05) is 18.2 Å². The number of aromatic carboxylic acids is 1. The lowest BCUT2D eigenvalue weighted by atomic mass is 10.0. The van der Waals surface area contributed by atoms with Crippen LogP contribution < -0.4 is 10.1 Å². The molecule has 0 radical (unpaired) electrons. The number of hydrogen-bond donors (Lipinski definition) is 2. The van der Waals surface area contributed by atoms with Gasteiger partial charge in [0.2, 0.25) is 5.91 Å². The minimum absolute atomic E-state index is 0.0718. The number of nitrogens with one attached hydrogen (secondary N) is 1. The van der Waals surface area contributed by atoms with Crippen molar-refractivity contribution >= 4 is 17.7 Å². The number of carbonyl (C=O) groups excluding carboxylic acids is 1. The fraction of sp³-hybridized carbons (Fsp3) is 0.133. The van der Waals surface area contributed by atoms with Crippen LogP contribution in [0.3, 0.4) is 0 Å². The predicted molar refractivity (Wildman–Crippen MR) is 74.5 cm³/mol. The number of carbonyl (C=O) groups is 2. The number of para-hydroxylation sites is 1. The number of carboxylic acid groups (broad SMARTS) is 1. The first-order chi connectivity index (χ1) is 10.1. The van der Waals surface area contributed by atoms with Crippen molar-refractivity contribution in [3.05, 3.63) is 53.7 Å². The predicted octanol–water partition coefficient (Wildman–Crippen LogP) is 1.89. The fourth-order valence-electron chi connectivity index (χ4n) is 2.19. The van der Waals surface area contributed by atoms with Gasteiger partial charge in [-0.25, -0.2) is 9.78 Å². The van der Waals surface area contributed by atoms with Crippen molar-refractivity contribution in [2.24, 2.45) is 0 Å². The minimum atomic E-state index is -1.06. The average molecular weight is 284 g/mol. The highest BCUT2D eigenvalue weighted by atomic mass is 16.5. The molecule has 6 heteroatoms. The van der Waals surface area contributed by atoms with E-state index in [1.807, 2.05) is 24.3 Å². The first kappa shape index (κ1) is 13.1. The number of aromatic nitrogens is 1. The Hall–Kier alpha value is -2.89. The molecular formula is C15H12N2O4. The number of pyridine rings is 1. The monoisotopic (exact) mass is 284 g/mol. The van der Waals surface area contributed by atoms with E-state index in [2.05, 4.69) is 10.3 Å². The van der Waals surface area contributed by atoms with E-state index in [4.69, 9.17) is 9.84 Å². The van der Waals surface area contributed by atoms with E-state index in [-0.39, 0.29) is 17.4 Å². The van der Waals surface area contributed by atoms with Crippen molar-refractivity contribution in [2.75, 3.05) is 11.9 Å². The number of anilines is 1. The molecule has 1 aliphatic heterocycles. The largest absolute Gasteiger partial charge is 0.492 e. The molecule has 0 saturated carbocycles. The molecule has 21 heavy (non-hydrogen) atoms. The van der Waals surface area contributed by atoms with Crippen LogP contribution >= 0.6 is 0 Å². The molecule has 2 heterocycles. The minimum Gasteiger partial charge on any atom is -0.492 e. The number of amides is 1. The van der Waals surface area contributed by atoms with E-state index in [9.17, 15) is 9.59 Å². The number of fused-ring (bicyclic) bond motifs is 1. The maximum Gasteiger partial charge on any atom is 0.337 e. The van der Waals surface area contributed by atoms with Crippen LogP contribution in [0.25, 0.3) is 0 Å². The Bertz CT molecular complexity index is 697. The van der Waals surface area contributed by atoms with Gasteiger partial charge in [-0.15, -0.1) is 0 Å². The Kier molecular flexibility index (Phi) is 3.27. The molecule has 2 aromatic rings. The molecule has 1 aromatic carbocycles. The topological polar surface area (TPSA) is 88.5 Å². The normalized spacial score (nSPS) is 15.9. The Labute approximate surface area is 120 Å². The maximum atomic E-state index is 12.2. The zero-order chi connectivity index (χ0) is 14.8. The van der Waals surface area contributed by atoms with Gasteiger partial charge in [0.1, 0.15) is 24.1 Å². The second-order valence-electron chi connectivity index (χ2n) is 4.63. The molecule has 0 fully saturated rings. The van der Waals surface area contributed by atoms with Crippen LogP contribution in [0, 0.1) is 0 Å². The van der Waals surface area contributed by atoms with Crippen molar-refractivity contribution < 1.29 is 19.4 Å². The SMILES string of the molecule is O=C(O)c1ccc(NC(=O)C2COc3ccccc32)nc1. The van der Waals surface area contributed by atoms with Crippen LogP contribution in [0.15, 0.2) is 42.6 Å². The van der Waals surface area contributed by atoms with Crippen LogP contribution in [0.1, 0.15) is 21.8 Å². The summed E-state index contributed by atoms with van der Waals surface area (Å²) in [6.45, 7) is 0.290. The van der Waals surface area contributed by atoms with Gasteiger partial charge in [0.15, 0.2) is 0 Å². The van der Waals surface area contributed by atoms with Gasteiger partial charge in [-0.3, -0.25) is 4.79 Å². The third kappa shape index (κ3) is 2.55. The summed E-state index contributed by atoms with van der Waals surface area (Å²) in [6.07, 6.45) is 1.21. The molecular weight excluding hydrogens is 272 g/mol. The Morgan fingerprint density at radius 2 is 2.05 bits per heavy atom. The molecule has 1 aliphatic rings. The first-order valence-corrected chi connectivity index (χ1v) is 6.37. The second-order valence-corrected chi connectivity index (χ2v) is 4.63. The summed E-state index contributed by atoms with van der Waals surface area (Å²) >= 11 is 0. The molecule has 106 valence electrons. The fourth-order valence-corrected chi connectivity index (χ4v) is 2.19. The smallest absolute Gasteiger partial charge is 0.337 e. The molecule has 0 spiro atoms. The molecule has 1 aromatic heterocycles. The summed E-state index contributed by atoms with van der Waals surface area (Å²) < 4.78 is 5.46. The summed E-state index contributed by atoms with van der Waals surface area (Å²) in [6, 6.07) is 10.2. The first-order valence-electron chi connectivity index (χ1n) is 6.37. The Balaban J connectivity index is 1.74. The van der Waals surface area contributed by atoms with Crippen molar-refractivity contribution in [3.63, 3.8) is 0 Å². The summed E-state index contributed by atoms with van der Waals surface area (Å²) in [5.74, 6) is -0.641. The van der Waals surface area contributed by atoms with Crippen molar-refractivity contribution in [1.82, 2.24) is 4.98 Å². The number of rotatable bonds is 3. The van der Waals surface area contributed by atoms with Crippen LogP contribution in [-0.4, -0.2) is 28.6 Å². The molecule has 2 N–H and O–H groups in total. The van der Waals surface area contributed by atoms with E-state index < -0.39 is 5.97 Å². The van der Waals surface area contributed by atoms with Gasteiger partial charge in [0, 0.05) is 11.8 Å². The van der Waals surface area contributed by atoms with Crippen molar-refractivity contribution in [2.45, 2.75) is 5.92 Å². The molecule has 1 atom stereocenters. The molecule has 0 saturated heterocycles. The van der Waals surface area contributed by atoms with Crippen molar-refractivity contribution in [1.29, 1.82) is 0 Å². The van der Waals surface area contributed by atoms with Crippen LogP contribution in [0.5, 0.6) is 5.75 Å². The Morgan fingerprint density at radius 1 is 1.24 bits per heavy atom. The number of benzene rings is 1. The molecule has 0 bridgehead atoms. The molecule has 0 aliphatic carbocycles. The molecule has 6 nitrogen and oxygen atoms in total. The number of hydrogen-bond acceptors (Lipinski definition) is 4. The lowest BCUT2D eigenvalue weighted by Gasteiger charge is -2.09. The maximum absolute atomic E-state index is 12.2. The quantitative estimate of drug-likeness (QED) is 0.898. The van der Waals surface area contributed by atoms with E-state index in [1.165, 1.54) is 18.3 Å². The molecule has 1 amide bonds. The van der Waals surface area contributed by atoms with Gasteiger partial charge in [-0.05, 0) is 18.2 Å². The van der Waals surface area contributed by atoms with Crippen LogP contribution in [0.2, 0.25) is 0 Å². The van der Waals surface area contributed by atoms with E-state index >= 15 is 0 Å². The standard InChI is InChI=1S/C15H12N2O4/c18-14(11-8-21-12-4-2-1-3-10(11)12)17-13-6-5-9(7-16-13)15(19)20/h1-7,11H,8H2,(H,19,20)(H,16,17,18). The lowest BCUT2D eigenvalue weighted by Crippen LogP contribution is -2.22. The van der Waals surface area contributed by atoms with Crippen LogP contribution in [0.4, 0.5) is 5.82 Å². The van der Waals surface area contributed by atoms with E-state index in [0.29, 0.717) is 18.2 Å². The third-order valence-corrected chi connectivity index (χ3v) is 3.28. The van der Waals surface area contributed by atoms with E-state index in [0.717, 1.165) is 5.56 Å². The number of nitrogens with zero attached hydrogens (tertiary/aromatic N) is 1. The van der Waals surface area contributed by atoms with Gasteiger partial charge in [0.25, 0.3) is 0 Å². The van der Waals surface area contributed by atoms with E-state index in [1.54, 1.807) is 0 Å². The second kappa shape index (κ2) is 5.24. The summed E-state index contributed by atoms with van der Waals surface area (Å²) in [7, 11) is 0. The number of ether oxygens (including phenoxy) is 1. The zero-order valence-electron chi connectivity index (χ0n) is 10.9. The van der Waals surface area contributed by atoms with Crippen LogP contribution in [-0.2, 0) is 4.79 Å². The summed E-state index contributed by atoms with van der Waals surface area (Å²) in [5.41, 5.74) is 0.916. The zero-order valence-corrected chi connectivity index (χ0v) is 10.9. The lowest BCUT2D eigenvalue weighted by molar-refractivity contribution is -0.117. The summed E-state index contributed by atoms with van der Waals surface area (Å²) in [4.78, 5) is 26.9. The molecule has 3 rings (SSSR count). The Morgan fingerprint density at radius 3 is 2.76 bits per heavy atom. The third-order valence-electron chi connectivity index (χ3n) is 3.28. The summed E-state index contributed by atoms with van der Waals surface area (Å²) in [5, 5.41) is 11.5. The molecule has 1 unspecified atom stereocenters. The van der Waals surface area contributed by atoms with Gasteiger partial charge >= 0.3 is 5.97 Å². The average Bonchev–Trinajstić information content (AvgIpc) is 2.92. The van der Waals surface area contributed by atoms with Gasteiger partial charge in [0.05, 0.1) is 5.56 Å². The highest BCUT2D eigenvalue weighted by molar-refractivity contribution is 5.96. The van der Waals surface area contributed by atoms with Gasteiger partial charge < -0.3 is 15.2 Å². The highest BCUT2D eigenvalue weighted by Gasteiger charge is 2.30. The van der Waals surface area contributed by atoms with Gasteiger partial charge in [-0.2, -0.15) is 0 Å². The number of carboxylic acids is 1. The van der Waals surface area contributed by atoms with Crippen molar-refractivity contribution in [3.8, 4) is 5.75 Å². The highest BCUT2D eigenvalue weighted by Crippen LogP contribution is 2.33.